The first kappa shape index (κ1) is 15.5. The van der Waals surface area contributed by atoms with E-state index in [4.69, 9.17) is 0 Å². The van der Waals surface area contributed by atoms with Gasteiger partial charge in [0.05, 0.1) is 6.04 Å². The van der Waals surface area contributed by atoms with E-state index >= 15 is 0 Å². The number of nitrogens with zero attached hydrogens (tertiary/aromatic N) is 1. The van der Waals surface area contributed by atoms with Crippen LogP contribution >= 0.6 is 11.3 Å². The Labute approximate surface area is 126 Å². The first-order valence-corrected chi connectivity index (χ1v) is 8.66. The van der Waals surface area contributed by atoms with Gasteiger partial charge >= 0.3 is 0 Å². The van der Waals surface area contributed by atoms with Crippen molar-refractivity contribution in [2.24, 2.45) is 5.92 Å². The minimum absolute atomic E-state index is 0.00366. The Morgan fingerprint density at radius 2 is 2.25 bits per heavy atom. The van der Waals surface area contributed by atoms with Crippen molar-refractivity contribution < 1.29 is 4.79 Å². The van der Waals surface area contributed by atoms with Crippen LogP contribution in [0.3, 0.4) is 0 Å². The molecule has 4 heteroatoms. The van der Waals surface area contributed by atoms with Gasteiger partial charge in [-0.1, -0.05) is 27.2 Å². The van der Waals surface area contributed by atoms with E-state index in [0.717, 1.165) is 25.8 Å². The lowest BCUT2D eigenvalue weighted by Crippen LogP contribution is -2.32. The van der Waals surface area contributed by atoms with Gasteiger partial charge in [0.25, 0.3) is 0 Å². The average molecular weight is 294 g/mol. The molecule has 1 aliphatic heterocycles. The van der Waals surface area contributed by atoms with Gasteiger partial charge in [0.1, 0.15) is 6.17 Å². The van der Waals surface area contributed by atoms with Crippen LogP contribution in [0.5, 0.6) is 0 Å². The third kappa shape index (κ3) is 3.61. The smallest absolute Gasteiger partial charge is 0.241 e. The van der Waals surface area contributed by atoms with Crippen molar-refractivity contribution in [2.45, 2.75) is 58.7 Å². The summed E-state index contributed by atoms with van der Waals surface area (Å²) in [5, 5.41) is 7.75. The number of nitrogens with one attached hydrogen (secondary N) is 1. The van der Waals surface area contributed by atoms with E-state index in [0.29, 0.717) is 5.92 Å². The molecule has 0 aliphatic carbocycles. The van der Waals surface area contributed by atoms with Gasteiger partial charge in [-0.15, -0.1) is 0 Å². The van der Waals surface area contributed by atoms with E-state index in [1.807, 2.05) is 4.90 Å². The van der Waals surface area contributed by atoms with E-state index < -0.39 is 0 Å². The molecule has 2 heterocycles. The van der Waals surface area contributed by atoms with E-state index in [1.165, 1.54) is 12.0 Å². The van der Waals surface area contributed by atoms with Gasteiger partial charge in [-0.05, 0) is 47.6 Å². The monoisotopic (exact) mass is 294 g/mol. The molecule has 0 aromatic carbocycles. The second-order valence-corrected chi connectivity index (χ2v) is 6.81. The predicted molar refractivity (Wildman–Crippen MR) is 84.7 cm³/mol. The van der Waals surface area contributed by atoms with Crippen LogP contribution in [0.2, 0.25) is 0 Å². The lowest BCUT2D eigenvalue weighted by Gasteiger charge is -2.24. The summed E-state index contributed by atoms with van der Waals surface area (Å²) in [6.07, 6.45) is 4.32. The number of carbonyl (C=O) groups excluding carboxylic acids is 1. The molecule has 0 radical (unpaired) electrons. The molecule has 1 amide bonds. The fourth-order valence-corrected chi connectivity index (χ4v) is 3.47. The highest BCUT2D eigenvalue weighted by Crippen LogP contribution is 2.28. The molecule has 1 fully saturated rings. The van der Waals surface area contributed by atoms with Crippen LogP contribution in [0.4, 0.5) is 0 Å². The molecule has 1 aliphatic rings. The molecule has 1 aromatic heterocycles. The molecule has 3 nitrogen and oxygen atoms in total. The molecule has 0 bridgehead atoms. The Morgan fingerprint density at radius 3 is 2.85 bits per heavy atom. The van der Waals surface area contributed by atoms with Gasteiger partial charge < -0.3 is 4.90 Å². The van der Waals surface area contributed by atoms with Crippen molar-refractivity contribution in [3.63, 3.8) is 0 Å². The van der Waals surface area contributed by atoms with E-state index in [2.05, 4.69) is 42.9 Å². The molecule has 0 spiro atoms. The van der Waals surface area contributed by atoms with E-state index in [9.17, 15) is 4.79 Å². The largest absolute Gasteiger partial charge is 0.322 e. The maximum atomic E-state index is 12.5. The zero-order valence-corrected chi connectivity index (χ0v) is 13.6. The molecule has 0 saturated carbocycles. The Kier molecular flexibility index (Phi) is 5.61. The quantitative estimate of drug-likeness (QED) is 0.830. The molecule has 1 saturated heterocycles. The Morgan fingerprint density at radius 1 is 1.45 bits per heavy atom. The summed E-state index contributed by atoms with van der Waals surface area (Å²) in [7, 11) is 0. The van der Waals surface area contributed by atoms with Gasteiger partial charge in [0.2, 0.25) is 5.91 Å². The maximum absolute atomic E-state index is 12.5. The summed E-state index contributed by atoms with van der Waals surface area (Å²) in [4.78, 5) is 14.6. The summed E-state index contributed by atoms with van der Waals surface area (Å²) in [6.45, 7) is 7.47. The van der Waals surface area contributed by atoms with Gasteiger partial charge in [-0.3, -0.25) is 10.1 Å². The van der Waals surface area contributed by atoms with Crippen LogP contribution < -0.4 is 5.32 Å². The zero-order chi connectivity index (χ0) is 14.5. The van der Waals surface area contributed by atoms with Crippen molar-refractivity contribution >= 4 is 17.2 Å². The normalized spacial score (nSPS) is 23.0. The highest BCUT2D eigenvalue weighted by atomic mass is 32.1. The summed E-state index contributed by atoms with van der Waals surface area (Å²) in [5.74, 6) is 0.985. The second-order valence-electron chi connectivity index (χ2n) is 6.03. The average Bonchev–Trinajstić information content (AvgIpc) is 3.01. The van der Waals surface area contributed by atoms with Crippen molar-refractivity contribution in [1.82, 2.24) is 10.2 Å². The molecule has 2 rings (SSSR count). The highest BCUT2D eigenvalue weighted by Gasteiger charge is 2.38. The number of hydrogen-bond donors (Lipinski definition) is 1. The minimum atomic E-state index is 0.00366. The van der Waals surface area contributed by atoms with Crippen LogP contribution in [0.1, 0.15) is 58.2 Å². The van der Waals surface area contributed by atoms with E-state index in [-0.39, 0.29) is 18.1 Å². The zero-order valence-electron chi connectivity index (χ0n) is 12.8. The Balaban J connectivity index is 2.05. The third-order valence-electron chi connectivity index (χ3n) is 3.87. The number of thiophene rings is 1. The van der Waals surface area contributed by atoms with Crippen molar-refractivity contribution in [2.75, 3.05) is 6.54 Å². The summed E-state index contributed by atoms with van der Waals surface area (Å²) in [6, 6.07) is 2.13. The molecule has 1 aromatic rings. The second kappa shape index (κ2) is 7.23. The minimum Gasteiger partial charge on any atom is -0.322 e. The SMILES string of the molecule is CCCC1NC(c2ccsc2)N(CCCC(C)C)C1=O. The Hall–Kier alpha value is -0.870. The fraction of sp³-hybridized carbons (Fsp3) is 0.688. The number of amides is 1. The molecular weight excluding hydrogens is 268 g/mol. The van der Waals surface area contributed by atoms with Crippen molar-refractivity contribution in [1.29, 1.82) is 0 Å². The molecule has 20 heavy (non-hydrogen) atoms. The fourth-order valence-electron chi connectivity index (χ4n) is 2.79. The Bertz CT molecular complexity index is 416. The van der Waals surface area contributed by atoms with Gasteiger partial charge in [-0.25, -0.2) is 0 Å². The topological polar surface area (TPSA) is 32.3 Å². The van der Waals surface area contributed by atoms with Gasteiger partial charge in [-0.2, -0.15) is 11.3 Å². The lowest BCUT2D eigenvalue weighted by atomic mass is 10.1. The summed E-state index contributed by atoms with van der Waals surface area (Å²) < 4.78 is 0. The molecule has 112 valence electrons. The van der Waals surface area contributed by atoms with E-state index in [1.54, 1.807) is 11.3 Å². The molecule has 2 unspecified atom stereocenters. The summed E-state index contributed by atoms with van der Waals surface area (Å²) in [5.41, 5.74) is 1.23. The molecule has 2 atom stereocenters. The van der Waals surface area contributed by atoms with Crippen molar-refractivity contribution in [3.05, 3.63) is 22.4 Å². The lowest BCUT2D eigenvalue weighted by molar-refractivity contribution is -0.130. The molecule has 1 N–H and O–H groups in total. The van der Waals surface area contributed by atoms with Crippen LogP contribution in [-0.2, 0) is 4.79 Å². The first-order valence-electron chi connectivity index (χ1n) is 7.72. The number of carbonyl (C=O) groups is 1. The first-order chi connectivity index (χ1) is 9.63. The van der Waals surface area contributed by atoms with Crippen molar-refractivity contribution in [3.8, 4) is 0 Å². The maximum Gasteiger partial charge on any atom is 0.241 e. The third-order valence-corrected chi connectivity index (χ3v) is 4.57. The van der Waals surface area contributed by atoms with Gasteiger partial charge in [0, 0.05) is 6.54 Å². The molecular formula is C16H26N2OS. The number of hydrogen-bond acceptors (Lipinski definition) is 3. The van der Waals surface area contributed by atoms with Crippen LogP contribution in [0.15, 0.2) is 16.8 Å². The number of rotatable bonds is 7. The van der Waals surface area contributed by atoms with Crippen LogP contribution in [-0.4, -0.2) is 23.4 Å². The van der Waals surface area contributed by atoms with Gasteiger partial charge in [0.15, 0.2) is 0 Å². The van der Waals surface area contributed by atoms with Crippen LogP contribution in [0, 0.1) is 5.92 Å². The highest BCUT2D eigenvalue weighted by molar-refractivity contribution is 7.07. The predicted octanol–water partition coefficient (Wildman–Crippen LogP) is 3.78. The van der Waals surface area contributed by atoms with Crippen LogP contribution in [0.25, 0.3) is 0 Å². The summed E-state index contributed by atoms with van der Waals surface area (Å²) >= 11 is 1.70. The standard InChI is InChI=1S/C16H26N2OS/c1-4-6-14-16(19)18(9-5-7-12(2)3)15(17-14)13-8-10-20-11-13/h8,10-12,14-15,17H,4-7,9H2,1-3H3.